The van der Waals surface area contributed by atoms with E-state index in [0.717, 1.165) is 66.0 Å². The van der Waals surface area contributed by atoms with Crippen molar-refractivity contribution >= 4 is 45.3 Å². The van der Waals surface area contributed by atoms with E-state index < -0.39 is 0 Å². The molecule has 7 nitrogen and oxygen atoms in total. The maximum Gasteiger partial charge on any atom is 0.230 e. The van der Waals surface area contributed by atoms with Crippen LogP contribution in [0.5, 0.6) is 0 Å². The molecular weight excluding hydrogens is 535 g/mol. The number of carbonyl (C=O) groups is 1. The summed E-state index contributed by atoms with van der Waals surface area (Å²) in [6.45, 7) is 4.33. The molecule has 0 unspecified atom stereocenters. The minimum absolute atomic E-state index is 0.111. The zero-order chi connectivity index (χ0) is 26.8. The summed E-state index contributed by atoms with van der Waals surface area (Å²) >= 11 is 7.51. The molecule has 2 aromatic carbocycles. The molecule has 0 spiro atoms. The van der Waals surface area contributed by atoms with Gasteiger partial charge >= 0.3 is 0 Å². The van der Waals surface area contributed by atoms with Gasteiger partial charge in [0.25, 0.3) is 0 Å². The highest BCUT2D eigenvalue weighted by atomic mass is 35.5. The highest BCUT2D eigenvalue weighted by Crippen LogP contribution is 2.25. The summed E-state index contributed by atoms with van der Waals surface area (Å²) in [5.41, 5.74) is 4.48. The van der Waals surface area contributed by atoms with Crippen molar-refractivity contribution in [3.8, 4) is 11.3 Å². The SMILES string of the molecule is O=C(Cc1csc2nc(-c3ccc(Cl)cc3)cn12)Nc1ccc(N2CCN(Cc3ccc(F)cc3)CC2)nc1. The number of aromatic nitrogens is 3. The molecule has 1 fully saturated rings. The number of nitrogens with zero attached hydrogens (tertiary/aromatic N) is 5. The molecule has 1 N–H and O–H groups in total. The fourth-order valence-corrected chi connectivity index (χ4v) is 5.72. The number of nitrogens with one attached hydrogen (secondary N) is 1. The lowest BCUT2D eigenvalue weighted by Crippen LogP contribution is -2.46. The molecule has 5 aromatic rings. The Balaban J connectivity index is 1.03. The van der Waals surface area contributed by atoms with Crippen LogP contribution in [0.3, 0.4) is 0 Å². The zero-order valence-corrected chi connectivity index (χ0v) is 22.6. The molecule has 0 saturated carbocycles. The number of fused-ring (bicyclic) bond motifs is 1. The number of rotatable bonds is 7. The van der Waals surface area contributed by atoms with Gasteiger partial charge in [-0.1, -0.05) is 35.9 Å². The molecule has 39 heavy (non-hydrogen) atoms. The van der Waals surface area contributed by atoms with Crippen molar-refractivity contribution in [3.63, 3.8) is 0 Å². The predicted molar refractivity (Wildman–Crippen MR) is 154 cm³/mol. The number of piperazine rings is 1. The first-order valence-corrected chi connectivity index (χ1v) is 13.9. The first-order valence-electron chi connectivity index (χ1n) is 12.7. The molecule has 0 aliphatic carbocycles. The molecule has 1 aliphatic rings. The molecule has 0 bridgehead atoms. The minimum Gasteiger partial charge on any atom is -0.354 e. The van der Waals surface area contributed by atoms with Gasteiger partial charge in [0.05, 0.1) is 24.0 Å². The second kappa shape index (κ2) is 11.1. The standard InChI is InChI=1S/C29H26ClFN6OS/c30-22-5-3-21(4-6-22)26-18-37-25(19-39-29(37)34-26)15-28(38)33-24-9-10-27(32-16-24)36-13-11-35(12-14-36)17-20-1-7-23(31)8-2-20/h1-10,16,18-19H,11-15,17H2,(H,33,38). The van der Waals surface area contributed by atoms with Gasteiger partial charge in [0.2, 0.25) is 5.91 Å². The Labute approximate surface area is 234 Å². The lowest BCUT2D eigenvalue weighted by molar-refractivity contribution is -0.115. The van der Waals surface area contributed by atoms with E-state index in [1.807, 2.05) is 64.5 Å². The van der Waals surface area contributed by atoms with Gasteiger partial charge in [0.15, 0.2) is 4.96 Å². The Morgan fingerprint density at radius 1 is 1.00 bits per heavy atom. The number of benzene rings is 2. The number of thiazole rings is 1. The summed E-state index contributed by atoms with van der Waals surface area (Å²) in [7, 11) is 0. The number of anilines is 2. The fourth-order valence-electron chi connectivity index (χ4n) is 4.72. The largest absolute Gasteiger partial charge is 0.354 e. The highest BCUT2D eigenvalue weighted by Gasteiger charge is 2.19. The number of carbonyl (C=O) groups excluding carboxylic acids is 1. The van der Waals surface area contributed by atoms with Gasteiger partial charge in [-0.15, -0.1) is 11.3 Å². The van der Waals surface area contributed by atoms with Crippen molar-refractivity contribution in [3.05, 3.63) is 101 Å². The molecule has 0 atom stereocenters. The van der Waals surface area contributed by atoms with E-state index in [-0.39, 0.29) is 18.1 Å². The van der Waals surface area contributed by atoms with E-state index in [2.05, 4.69) is 25.1 Å². The molecule has 0 radical (unpaired) electrons. The van der Waals surface area contributed by atoms with E-state index in [0.29, 0.717) is 10.7 Å². The summed E-state index contributed by atoms with van der Waals surface area (Å²) in [4.78, 5) is 27.5. The quantitative estimate of drug-likeness (QED) is 0.274. The molecular formula is C29H26ClFN6OS. The van der Waals surface area contributed by atoms with Crippen LogP contribution in [-0.2, 0) is 17.8 Å². The second-order valence-electron chi connectivity index (χ2n) is 9.53. The molecule has 1 saturated heterocycles. The van der Waals surface area contributed by atoms with Gasteiger partial charge in [-0.05, 0) is 42.0 Å². The van der Waals surface area contributed by atoms with Crippen LogP contribution in [0.1, 0.15) is 11.3 Å². The summed E-state index contributed by atoms with van der Waals surface area (Å²) < 4.78 is 15.1. The van der Waals surface area contributed by atoms with Crippen LogP contribution in [0.25, 0.3) is 16.2 Å². The van der Waals surface area contributed by atoms with E-state index in [4.69, 9.17) is 11.6 Å². The minimum atomic E-state index is -0.208. The molecule has 3 aromatic heterocycles. The second-order valence-corrected chi connectivity index (χ2v) is 10.8. The Kier molecular flexibility index (Phi) is 7.28. The fraction of sp³-hybridized carbons (Fsp3) is 0.207. The van der Waals surface area contributed by atoms with Crippen molar-refractivity contribution in [1.82, 2.24) is 19.3 Å². The average Bonchev–Trinajstić information content (AvgIpc) is 3.53. The van der Waals surface area contributed by atoms with E-state index in [1.54, 1.807) is 6.20 Å². The van der Waals surface area contributed by atoms with Gasteiger partial charge in [-0.25, -0.2) is 14.4 Å². The number of hydrogen-bond acceptors (Lipinski definition) is 6. The Morgan fingerprint density at radius 3 is 2.49 bits per heavy atom. The summed E-state index contributed by atoms with van der Waals surface area (Å²) in [6, 6.07) is 18.1. The van der Waals surface area contributed by atoms with Gasteiger partial charge in [0, 0.05) is 60.6 Å². The highest BCUT2D eigenvalue weighted by molar-refractivity contribution is 7.15. The van der Waals surface area contributed by atoms with E-state index >= 15 is 0 Å². The van der Waals surface area contributed by atoms with Crippen LogP contribution in [0.15, 0.2) is 78.4 Å². The average molecular weight is 561 g/mol. The van der Waals surface area contributed by atoms with E-state index in [1.165, 1.54) is 23.5 Å². The first kappa shape index (κ1) is 25.5. The third kappa shape index (κ3) is 5.95. The Hall–Kier alpha value is -3.79. The molecule has 10 heteroatoms. The van der Waals surface area contributed by atoms with Crippen LogP contribution in [0.2, 0.25) is 5.02 Å². The van der Waals surface area contributed by atoms with Crippen molar-refractivity contribution in [1.29, 1.82) is 0 Å². The molecule has 6 rings (SSSR count). The number of hydrogen-bond donors (Lipinski definition) is 1. The lowest BCUT2D eigenvalue weighted by atomic mass is 10.2. The molecule has 4 heterocycles. The summed E-state index contributed by atoms with van der Waals surface area (Å²) in [5, 5.41) is 5.60. The van der Waals surface area contributed by atoms with Crippen molar-refractivity contribution in [2.24, 2.45) is 0 Å². The Morgan fingerprint density at radius 2 is 1.77 bits per heavy atom. The van der Waals surface area contributed by atoms with Crippen LogP contribution >= 0.6 is 22.9 Å². The molecule has 198 valence electrons. The third-order valence-electron chi connectivity index (χ3n) is 6.81. The normalized spacial score (nSPS) is 14.2. The maximum atomic E-state index is 13.2. The van der Waals surface area contributed by atoms with Crippen molar-refractivity contribution in [2.75, 3.05) is 36.4 Å². The topological polar surface area (TPSA) is 65.8 Å². The summed E-state index contributed by atoms with van der Waals surface area (Å²) in [5.74, 6) is 0.572. The van der Waals surface area contributed by atoms with Crippen LogP contribution in [-0.4, -0.2) is 51.4 Å². The van der Waals surface area contributed by atoms with Crippen LogP contribution in [0, 0.1) is 5.82 Å². The van der Waals surface area contributed by atoms with Gasteiger partial charge in [-0.2, -0.15) is 0 Å². The molecule has 1 amide bonds. The van der Waals surface area contributed by atoms with Crippen LogP contribution < -0.4 is 10.2 Å². The van der Waals surface area contributed by atoms with Crippen molar-refractivity contribution < 1.29 is 9.18 Å². The predicted octanol–water partition coefficient (Wildman–Crippen LogP) is 5.75. The maximum absolute atomic E-state index is 13.2. The number of amides is 1. The van der Waals surface area contributed by atoms with Crippen molar-refractivity contribution in [2.45, 2.75) is 13.0 Å². The van der Waals surface area contributed by atoms with E-state index in [9.17, 15) is 9.18 Å². The van der Waals surface area contributed by atoms with Gasteiger partial charge in [-0.3, -0.25) is 14.1 Å². The zero-order valence-electron chi connectivity index (χ0n) is 21.1. The number of imidazole rings is 1. The van der Waals surface area contributed by atoms with Gasteiger partial charge in [0.1, 0.15) is 11.6 Å². The monoisotopic (exact) mass is 560 g/mol. The van der Waals surface area contributed by atoms with Crippen LogP contribution in [0.4, 0.5) is 15.9 Å². The lowest BCUT2D eigenvalue weighted by Gasteiger charge is -2.35. The van der Waals surface area contributed by atoms with Gasteiger partial charge < -0.3 is 10.2 Å². The molecule has 1 aliphatic heterocycles. The third-order valence-corrected chi connectivity index (χ3v) is 7.95. The first-order chi connectivity index (χ1) is 19.0. The number of halogens is 2. The smallest absolute Gasteiger partial charge is 0.230 e. The summed E-state index contributed by atoms with van der Waals surface area (Å²) in [6.07, 6.45) is 3.89. The Bertz CT molecular complexity index is 1580. The number of pyridine rings is 1.